The lowest BCUT2D eigenvalue weighted by molar-refractivity contribution is -0.138. The Hall–Kier alpha value is -2.31. The van der Waals surface area contributed by atoms with Crippen LogP contribution >= 0.6 is 0 Å². The largest absolute Gasteiger partial charge is 0.416 e. The molecule has 2 rings (SSSR count). The number of aryl methyl sites for hydroxylation is 2. The van der Waals surface area contributed by atoms with Crippen molar-refractivity contribution < 1.29 is 13.2 Å². The number of nitrogen functional groups attached to an aromatic ring is 1. The first-order valence-corrected chi connectivity index (χ1v) is 6.19. The maximum atomic E-state index is 13.0. The van der Waals surface area contributed by atoms with E-state index in [0.29, 0.717) is 11.4 Å². The summed E-state index contributed by atoms with van der Waals surface area (Å²) in [6, 6.07) is 5.18. The predicted octanol–water partition coefficient (Wildman–Crippen LogP) is 2.51. The summed E-state index contributed by atoms with van der Waals surface area (Å²) < 4.78 is 40.3. The molecular weight excluding hydrogens is 283 g/mol. The minimum absolute atomic E-state index is 0.0208. The van der Waals surface area contributed by atoms with Crippen LogP contribution in [0.1, 0.15) is 22.5 Å². The molecule has 2 aromatic rings. The van der Waals surface area contributed by atoms with Gasteiger partial charge < -0.3 is 5.73 Å². The Morgan fingerprint density at radius 2 is 1.90 bits per heavy atom. The normalized spacial score (nSPS) is 11.7. The Balaban J connectivity index is 2.53. The summed E-state index contributed by atoms with van der Waals surface area (Å²) in [4.78, 5) is 15.6. The van der Waals surface area contributed by atoms with Crippen molar-refractivity contribution in [1.29, 1.82) is 0 Å². The lowest BCUT2D eigenvalue weighted by atomic mass is 10.1. The number of rotatable bonds is 2. The predicted molar refractivity (Wildman–Crippen MR) is 72.9 cm³/mol. The van der Waals surface area contributed by atoms with Crippen LogP contribution in [0.2, 0.25) is 0 Å². The Labute approximate surface area is 119 Å². The molecule has 7 heteroatoms. The first kappa shape index (κ1) is 15.1. The van der Waals surface area contributed by atoms with Crippen molar-refractivity contribution in [3.63, 3.8) is 0 Å². The number of hydrogen-bond acceptors (Lipinski definition) is 3. The van der Waals surface area contributed by atoms with E-state index in [1.807, 2.05) is 0 Å². The summed E-state index contributed by atoms with van der Waals surface area (Å²) in [5, 5.41) is 0. The molecule has 0 amide bonds. The van der Waals surface area contributed by atoms with Crippen LogP contribution in [0.15, 0.2) is 29.1 Å². The molecule has 0 spiro atoms. The van der Waals surface area contributed by atoms with E-state index in [4.69, 9.17) is 5.73 Å². The molecule has 1 aromatic heterocycles. The van der Waals surface area contributed by atoms with Gasteiger partial charge in [-0.3, -0.25) is 4.57 Å². The number of nitrogens with two attached hydrogens (primary N) is 1. The first-order chi connectivity index (χ1) is 9.68. The van der Waals surface area contributed by atoms with Crippen LogP contribution in [0.25, 0.3) is 0 Å². The molecule has 21 heavy (non-hydrogen) atoms. The number of hydrogen-bond donors (Lipinski definition) is 1. The Bertz CT molecular complexity index is 735. The molecule has 4 nitrogen and oxygen atoms in total. The molecule has 112 valence electrons. The smallest absolute Gasteiger partial charge is 0.399 e. The molecule has 0 atom stereocenters. The minimum atomic E-state index is -4.53. The molecule has 0 bridgehead atoms. The molecule has 0 aliphatic heterocycles. The monoisotopic (exact) mass is 297 g/mol. The molecular formula is C14H14F3N3O. The van der Waals surface area contributed by atoms with Gasteiger partial charge in [0.25, 0.3) is 0 Å². The zero-order chi connectivity index (χ0) is 15.8. The maximum Gasteiger partial charge on any atom is 0.416 e. The zero-order valence-corrected chi connectivity index (χ0v) is 11.5. The van der Waals surface area contributed by atoms with Gasteiger partial charge in [0.2, 0.25) is 0 Å². The van der Waals surface area contributed by atoms with E-state index >= 15 is 0 Å². The van der Waals surface area contributed by atoms with Crippen LogP contribution in [0.5, 0.6) is 0 Å². The Kier molecular flexibility index (Phi) is 3.76. The second-order valence-electron chi connectivity index (χ2n) is 4.82. The van der Waals surface area contributed by atoms with Crippen LogP contribution in [0.3, 0.4) is 0 Å². The second-order valence-corrected chi connectivity index (χ2v) is 4.82. The van der Waals surface area contributed by atoms with E-state index in [1.54, 1.807) is 19.9 Å². The highest BCUT2D eigenvalue weighted by molar-refractivity contribution is 5.46. The maximum absolute atomic E-state index is 13.0. The van der Waals surface area contributed by atoms with Crippen LogP contribution in [-0.4, -0.2) is 9.55 Å². The van der Waals surface area contributed by atoms with Gasteiger partial charge in [-0.05, 0) is 37.6 Å². The van der Waals surface area contributed by atoms with E-state index in [2.05, 4.69) is 4.98 Å². The molecule has 0 fully saturated rings. The lowest BCUT2D eigenvalue weighted by Crippen LogP contribution is -2.27. The Morgan fingerprint density at radius 3 is 2.48 bits per heavy atom. The van der Waals surface area contributed by atoms with Crippen molar-refractivity contribution in [2.45, 2.75) is 26.6 Å². The zero-order valence-electron chi connectivity index (χ0n) is 11.5. The summed E-state index contributed by atoms with van der Waals surface area (Å²) in [6.07, 6.45) is -4.53. The van der Waals surface area contributed by atoms with Gasteiger partial charge in [-0.25, -0.2) is 4.79 Å². The number of aromatic nitrogens is 2. The summed E-state index contributed by atoms with van der Waals surface area (Å²) >= 11 is 0. The fourth-order valence-electron chi connectivity index (χ4n) is 2.13. The van der Waals surface area contributed by atoms with Crippen molar-refractivity contribution in [3.8, 4) is 0 Å². The average Bonchev–Trinajstić information content (AvgIpc) is 2.34. The molecule has 0 saturated carbocycles. The molecule has 0 unspecified atom stereocenters. The fourth-order valence-corrected chi connectivity index (χ4v) is 2.13. The number of alkyl halides is 3. The average molecular weight is 297 g/mol. The van der Waals surface area contributed by atoms with E-state index in [-0.39, 0.29) is 17.8 Å². The highest BCUT2D eigenvalue weighted by Gasteiger charge is 2.33. The first-order valence-electron chi connectivity index (χ1n) is 6.19. The van der Waals surface area contributed by atoms with Crippen molar-refractivity contribution >= 4 is 5.69 Å². The van der Waals surface area contributed by atoms with E-state index in [1.165, 1.54) is 16.7 Å². The van der Waals surface area contributed by atoms with Gasteiger partial charge in [0.1, 0.15) is 0 Å². The van der Waals surface area contributed by atoms with Gasteiger partial charge >= 0.3 is 11.9 Å². The number of anilines is 1. The topological polar surface area (TPSA) is 60.9 Å². The van der Waals surface area contributed by atoms with Crippen LogP contribution in [0.4, 0.5) is 18.9 Å². The molecule has 2 N–H and O–H groups in total. The van der Waals surface area contributed by atoms with Crippen molar-refractivity contribution in [2.24, 2.45) is 0 Å². The third-order valence-electron chi connectivity index (χ3n) is 3.11. The molecule has 1 heterocycles. The minimum Gasteiger partial charge on any atom is -0.399 e. The highest BCUT2D eigenvalue weighted by atomic mass is 19.4. The van der Waals surface area contributed by atoms with Gasteiger partial charge in [0, 0.05) is 17.1 Å². The summed E-state index contributed by atoms with van der Waals surface area (Å²) in [5.41, 5.74) is 5.09. The number of nitrogens with zero attached hydrogens (tertiary/aromatic N) is 2. The van der Waals surface area contributed by atoms with Crippen molar-refractivity contribution in [3.05, 3.63) is 57.3 Å². The van der Waals surface area contributed by atoms with Crippen molar-refractivity contribution in [1.82, 2.24) is 9.55 Å². The van der Waals surface area contributed by atoms with Gasteiger partial charge in [0.15, 0.2) is 0 Å². The highest BCUT2D eigenvalue weighted by Crippen LogP contribution is 2.33. The molecule has 1 aromatic carbocycles. The van der Waals surface area contributed by atoms with Crippen molar-refractivity contribution in [2.75, 3.05) is 5.73 Å². The SMILES string of the molecule is Cc1cc(C)n(Cc2ccc(N)cc2C(F)(F)F)c(=O)n1. The lowest BCUT2D eigenvalue weighted by Gasteiger charge is -2.16. The molecule has 0 saturated heterocycles. The fraction of sp³-hybridized carbons (Fsp3) is 0.286. The number of halogens is 3. The summed E-state index contributed by atoms with van der Waals surface area (Å²) in [7, 11) is 0. The Morgan fingerprint density at radius 1 is 1.24 bits per heavy atom. The molecule has 0 aliphatic carbocycles. The van der Waals surface area contributed by atoms with E-state index in [9.17, 15) is 18.0 Å². The summed E-state index contributed by atoms with van der Waals surface area (Å²) in [5.74, 6) is 0. The van der Waals surface area contributed by atoms with Crippen LogP contribution in [0, 0.1) is 13.8 Å². The standard InChI is InChI=1S/C14H14F3N3O/c1-8-5-9(2)20(13(21)19-8)7-10-3-4-11(18)6-12(10)14(15,16)17/h3-6H,7,18H2,1-2H3. The van der Waals surface area contributed by atoms with Crippen LogP contribution < -0.4 is 11.4 Å². The molecule has 0 radical (unpaired) electrons. The van der Waals surface area contributed by atoms with Gasteiger partial charge in [-0.15, -0.1) is 0 Å². The third kappa shape index (κ3) is 3.24. The number of benzene rings is 1. The van der Waals surface area contributed by atoms with Gasteiger partial charge in [-0.1, -0.05) is 6.07 Å². The second kappa shape index (κ2) is 5.23. The summed E-state index contributed by atoms with van der Waals surface area (Å²) in [6.45, 7) is 3.11. The van der Waals surface area contributed by atoms with Crippen LogP contribution in [-0.2, 0) is 12.7 Å². The van der Waals surface area contributed by atoms with Gasteiger partial charge in [0.05, 0.1) is 12.1 Å². The van der Waals surface area contributed by atoms with E-state index < -0.39 is 17.4 Å². The molecule has 0 aliphatic rings. The quantitative estimate of drug-likeness (QED) is 0.866. The van der Waals surface area contributed by atoms with E-state index in [0.717, 1.165) is 6.07 Å². The third-order valence-corrected chi connectivity index (χ3v) is 3.11. The van der Waals surface area contributed by atoms with Gasteiger partial charge in [-0.2, -0.15) is 18.2 Å².